The molecule has 3 rings (SSSR count). The lowest BCUT2D eigenvalue weighted by Gasteiger charge is -2.59. The number of nitrogens with one attached hydrogen (secondary N) is 1. The highest BCUT2D eigenvalue weighted by molar-refractivity contribution is 5.89. The Bertz CT molecular complexity index is 252. The van der Waals surface area contributed by atoms with Crippen molar-refractivity contribution < 1.29 is 0 Å². The van der Waals surface area contributed by atoms with Crippen molar-refractivity contribution in [3.63, 3.8) is 0 Å². The molecule has 3 aliphatic rings. The molecule has 1 nitrogen and oxygen atoms in total. The van der Waals surface area contributed by atoms with Crippen LogP contribution in [0.1, 0.15) is 33.1 Å². The summed E-state index contributed by atoms with van der Waals surface area (Å²) in [6, 6.07) is 0. The fraction of sp³-hybridized carbons (Fsp3) is 0.750. The second kappa shape index (κ2) is 2.70. The van der Waals surface area contributed by atoms with Crippen LogP contribution in [-0.4, -0.2) is 5.71 Å². The first-order valence-electron chi connectivity index (χ1n) is 5.26. The third kappa shape index (κ3) is 1.09. The Morgan fingerprint density at radius 3 is 2.69 bits per heavy atom. The van der Waals surface area contributed by atoms with Gasteiger partial charge in [0.25, 0.3) is 0 Å². The average molecular weight is 177 g/mol. The maximum atomic E-state index is 8.10. The van der Waals surface area contributed by atoms with Gasteiger partial charge in [-0.25, -0.2) is 0 Å². The second-order valence-electron chi connectivity index (χ2n) is 5.22. The van der Waals surface area contributed by atoms with Crippen molar-refractivity contribution in [2.75, 3.05) is 0 Å². The predicted molar refractivity (Wildman–Crippen MR) is 56.0 cm³/mol. The number of hydrogen-bond donors (Lipinski definition) is 1. The molecule has 1 N–H and O–H groups in total. The van der Waals surface area contributed by atoms with E-state index in [2.05, 4.69) is 20.4 Å². The van der Waals surface area contributed by atoms with E-state index in [1.165, 1.54) is 12.8 Å². The van der Waals surface area contributed by atoms with Crippen molar-refractivity contribution in [1.82, 2.24) is 0 Å². The van der Waals surface area contributed by atoms with Crippen molar-refractivity contribution in [3.05, 3.63) is 12.7 Å². The van der Waals surface area contributed by atoms with E-state index >= 15 is 0 Å². The normalized spacial score (nSPS) is 41.1. The highest BCUT2D eigenvalue weighted by Gasteiger charge is 2.55. The van der Waals surface area contributed by atoms with Gasteiger partial charge in [0, 0.05) is 17.5 Å². The van der Waals surface area contributed by atoms with Crippen LogP contribution in [0.3, 0.4) is 0 Å². The summed E-state index contributed by atoms with van der Waals surface area (Å²) >= 11 is 0. The van der Waals surface area contributed by atoms with Crippen LogP contribution in [0, 0.1) is 28.6 Å². The SMILES string of the molecule is C=CCC1C[C@H]2C[C@@H](C1=N)C2(C)C. The van der Waals surface area contributed by atoms with Crippen LogP contribution < -0.4 is 0 Å². The first-order valence-corrected chi connectivity index (χ1v) is 5.26. The number of allylic oxidation sites excluding steroid dienone is 1. The summed E-state index contributed by atoms with van der Waals surface area (Å²) in [5.74, 6) is 1.97. The first kappa shape index (κ1) is 8.98. The minimum atomic E-state index is 0.425. The lowest BCUT2D eigenvalue weighted by atomic mass is 9.46. The van der Waals surface area contributed by atoms with Crippen molar-refractivity contribution in [1.29, 1.82) is 5.41 Å². The Hall–Kier alpha value is -0.590. The zero-order valence-electron chi connectivity index (χ0n) is 8.64. The Labute approximate surface area is 80.7 Å². The summed E-state index contributed by atoms with van der Waals surface area (Å²) < 4.78 is 0. The molecule has 0 radical (unpaired) electrons. The molecule has 1 unspecified atom stereocenters. The van der Waals surface area contributed by atoms with Gasteiger partial charge in [-0.3, -0.25) is 0 Å². The highest BCUT2D eigenvalue weighted by Crippen LogP contribution is 2.59. The van der Waals surface area contributed by atoms with Crippen molar-refractivity contribution in [3.8, 4) is 0 Å². The smallest absolute Gasteiger partial charge is 0.0160 e. The lowest BCUT2D eigenvalue weighted by Crippen LogP contribution is -2.55. The summed E-state index contributed by atoms with van der Waals surface area (Å²) in [6.45, 7) is 8.42. The van der Waals surface area contributed by atoms with Gasteiger partial charge in [0.05, 0.1) is 0 Å². The maximum Gasteiger partial charge on any atom is 0.0160 e. The van der Waals surface area contributed by atoms with E-state index in [1.807, 2.05) is 6.08 Å². The monoisotopic (exact) mass is 177 g/mol. The lowest BCUT2D eigenvalue weighted by molar-refractivity contribution is -0.0139. The molecule has 3 atom stereocenters. The van der Waals surface area contributed by atoms with E-state index in [0.717, 1.165) is 18.1 Å². The summed E-state index contributed by atoms with van der Waals surface area (Å²) in [5.41, 5.74) is 1.43. The molecule has 0 spiro atoms. The quantitative estimate of drug-likeness (QED) is 0.626. The Morgan fingerprint density at radius 2 is 2.23 bits per heavy atom. The van der Waals surface area contributed by atoms with Crippen LogP contribution in [0.25, 0.3) is 0 Å². The molecule has 0 heterocycles. The summed E-state index contributed by atoms with van der Waals surface area (Å²) in [4.78, 5) is 0. The molecule has 0 amide bonds. The van der Waals surface area contributed by atoms with Crippen LogP contribution >= 0.6 is 0 Å². The molecule has 3 aliphatic carbocycles. The molecule has 3 fully saturated rings. The van der Waals surface area contributed by atoms with Crippen molar-refractivity contribution in [2.45, 2.75) is 33.1 Å². The van der Waals surface area contributed by atoms with Crippen molar-refractivity contribution in [2.24, 2.45) is 23.2 Å². The van der Waals surface area contributed by atoms with Crippen LogP contribution in [0.15, 0.2) is 12.7 Å². The highest BCUT2D eigenvalue weighted by atomic mass is 14.7. The van der Waals surface area contributed by atoms with Gasteiger partial charge < -0.3 is 5.41 Å². The zero-order valence-corrected chi connectivity index (χ0v) is 8.64. The van der Waals surface area contributed by atoms with Crippen LogP contribution in [0.5, 0.6) is 0 Å². The van der Waals surface area contributed by atoms with E-state index in [9.17, 15) is 0 Å². The topological polar surface area (TPSA) is 23.9 Å². The van der Waals surface area contributed by atoms with Gasteiger partial charge in [0.2, 0.25) is 0 Å². The first-order chi connectivity index (χ1) is 6.07. The Morgan fingerprint density at radius 1 is 1.54 bits per heavy atom. The molecule has 0 aromatic heterocycles. The van der Waals surface area contributed by atoms with Gasteiger partial charge >= 0.3 is 0 Å². The van der Waals surface area contributed by atoms with Gasteiger partial charge in [0.15, 0.2) is 0 Å². The molecular weight excluding hydrogens is 158 g/mol. The van der Waals surface area contributed by atoms with Gasteiger partial charge in [-0.05, 0) is 30.6 Å². The average Bonchev–Trinajstić information content (AvgIpc) is 2.08. The number of fused-ring (bicyclic) bond motifs is 2. The van der Waals surface area contributed by atoms with E-state index < -0.39 is 0 Å². The van der Waals surface area contributed by atoms with Gasteiger partial charge in [-0.1, -0.05) is 19.9 Å². The second-order valence-corrected chi connectivity index (χ2v) is 5.22. The minimum Gasteiger partial charge on any atom is -0.309 e. The minimum absolute atomic E-state index is 0.425. The Kier molecular flexibility index (Phi) is 1.86. The molecule has 1 heteroatoms. The molecule has 2 bridgehead atoms. The van der Waals surface area contributed by atoms with Crippen LogP contribution in [0.2, 0.25) is 0 Å². The fourth-order valence-corrected chi connectivity index (χ4v) is 3.12. The maximum absolute atomic E-state index is 8.10. The van der Waals surface area contributed by atoms with Crippen LogP contribution in [0.4, 0.5) is 0 Å². The molecule has 72 valence electrons. The van der Waals surface area contributed by atoms with E-state index in [1.54, 1.807) is 0 Å². The molecule has 0 aromatic rings. The largest absolute Gasteiger partial charge is 0.309 e. The molecule has 0 saturated heterocycles. The zero-order chi connectivity index (χ0) is 9.64. The third-order valence-electron chi connectivity index (χ3n) is 4.31. The molecule has 0 aromatic carbocycles. The third-order valence-corrected chi connectivity index (χ3v) is 4.31. The molecule has 13 heavy (non-hydrogen) atoms. The fourth-order valence-electron chi connectivity index (χ4n) is 3.12. The molecular formula is C12H19N. The molecule has 0 aliphatic heterocycles. The summed E-state index contributed by atoms with van der Waals surface area (Å²) in [5, 5.41) is 8.10. The van der Waals surface area contributed by atoms with Gasteiger partial charge in [-0.2, -0.15) is 0 Å². The van der Waals surface area contributed by atoms with Gasteiger partial charge in [0.1, 0.15) is 0 Å². The van der Waals surface area contributed by atoms with E-state index in [0.29, 0.717) is 17.3 Å². The Balaban J connectivity index is 2.12. The van der Waals surface area contributed by atoms with E-state index in [4.69, 9.17) is 5.41 Å². The van der Waals surface area contributed by atoms with Gasteiger partial charge in [-0.15, -0.1) is 6.58 Å². The summed E-state index contributed by atoms with van der Waals surface area (Å²) in [7, 11) is 0. The number of hydrogen-bond acceptors (Lipinski definition) is 1. The van der Waals surface area contributed by atoms with Crippen molar-refractivity contribution >= 4 is 5.71 Å². The predicted octanol–water partition coefficient (Wildman–Crippen LogP) is 3.26. The number of rotatable bonds is 2. The summed E-state index contributed by atoms with van der Waals surface area (Å²) in [6.07, 6.45) is 5.49. The standard InChI is InChI=1S/C12H19N/c1-4-5-8-6-9-7-10(11(8)13)12(9,2)3/h4,8-10,13H,1,5-7H2,2-3H3/t8?,9-,10-/m0/s1. The van der Waals surface area contributed by atoms with Crippen LogP contribution in [-0.2, 0) is 0 Å². The molecule has 3 saturated carbocycles. The van der Waals surface area contributed by atoms with E-state index in [-0.39, 0.29) is 0 Å².